The van der Waals surface area contributed by atoms with E-state index >= 15 is 0 Å². The van der Waals surface area contributed by atoms with Gasteiger partial charge < -0.3 is 10.2 Å². The van der Waals surface area contributed by atoms with Crippen LogP contribution in [0.1, 0.15) is 63.9 Å². The van der Waals surface area contributed by atoms with E-state index in [-0.39, 0.29) is 11.9 Å². The number of nitrogens with one attached hydrogen (secondary N) is 2. The van der Waals surface area contributed by atoms with Crippen molar-refractivity contribution >= 4 is 34.0 Å². The van der Waals surface area contributed by atoms with Crippen LogP contribution in [0, 0.1) is 12.3 Å². The van der Waals surface area contributed by atoms with E-state index in [1.54, 1.807) is 18.9 Å². The largest absolute Gasteiger partial charge is 0.357 e. The first-order valence-electron chi connectivity index (χ1n) is 10.3. The number of urea groups is 1. The van der Waals surface area contributed by atoms with Crippen LogP contribution in [-0.4, -0.2) is 41.5 Å². The van der Waals surface area contributed by atoms with Gasteiger partial charge in [-0.3, -0.25) is 10.1 Å². The standard InChI is InChI=1S/C22H34N4O2S/c1-8-9-12-26(17(5)19(27)23-7)21(28)25-20-24-16(4)18(29-20)14(2)13-15(3)22(6)10-11-22/h13,17H,2,8-12H2,1,3-7H3,(H,23,27)(H,24,25,28). The molecule has 1 atom stereocenters. The molecule has 3 amide bonds. The van der Waals surface area contributed by atoms with Crippen molar-refractivity contribution in [1.82, 2.24) is 15.2 Å². The molecular weight excluding hydrogens is 384 g/mol. The zero-order valence-corrected chi connectivity index (χ0v) is 19.3. The molecule has 6 nitrogen and oxygen atoms in total. The highest BCUT2D eigenvalue weighted by molar-refractivity contribution is 7.17. The summed E-state index contributed by atoms with van der Waals surface area (Å²) < 4.78 is 0. The topological polar surface area (TPSA) is 74.3 Å². The monoisotopic (exact) mass is 418 g/mol. The van der Waals surface area contributed by atoms with Crippen LogP contribution in [0.3, 0.4) is 0 Å². The second kappa shape index (κ2) is 9.57. The fraction of sp³-hybridized carbons (Fsp3) is 0.591. The number of nitrogens with zero attached hydrogens (tertiary/aromatic N) is 2. The molecule has 1 aromatic rings. The van der Waals surface area contributed by atoms with Gasteiger partial charge in [0.05, 0.1) is 10.6 Å². The van der Waals surface area contributed by atoms with Crippen LogP contribution in [0.25, 0.3) is 5.57 Å². The van der Waals surface area contributed by atoms with Crippen LogP contribution < -0.4 is 10.6 Å². The summed E-state index contributed by atoms with van der Waals surface area (Å²) in [6, 6.07) is -0.857. The first-order chi connectivity index (χ1) is 13.6. The molecule has 1 saturated carbocycles. The lowest BCUT2D eigenvalue weighted by Gasteiger charge is -2.27. The molecule has 29 heavy (non-hydrogen) atoms. The van der Waals surface area contributed by atoms with Crippen molar-refractivity contribution in [3.63, 3.8) is 0 Å². The van der Waals surface area contributed by atoms with Crippen LogP contribution in [0.15, 0.2) is 18.2 Å². The Morgan fingerprint density at radius 3 is 2.62 bits per heavy atom. The molecule has 1 unspecified atom stereocenters. The molecule has 2 rings (SSSR count). The van der Waals surface area contributed by atoms with Crippen molar-refractivity contribution in [3.05, 3.63) is 28.8 Å². The first kappa shape index (κ1) is 23.1. The Bertz CT molecular complexity index is 808. The van der Waals surface area contributed by atoms with Crippen LogP contribution >= 0.6 is 11.3 Å². The third-order valence-electron chi connectivity index (χ3n) is 5.75. The highest BCUT2D eigenvalue weighted by Gasteiger charge is 2.38. The summed E-state index contributed by atoms with van der Waals surface area (Å²) in [5.41, 5.74) is 3.42. The quantitative estimate of drug-likeness (QED) is 0.556. The van der Waals surface area contributed by atoms with Gasteiger partial charge in [0.25, 0.3) is 0 Å². The number of allylic oxidation sites excluding steroid dienone is 3. The summed E-state index contributed by atoms with van der Waals surface area (Å²) in [4.78, 5) is 32.0. The number of carbonyl (C=O) groups is 2. The summed E-state index contributed by atoms with van der Waals surface area (Å²) >= 11 is 1.42. The number of rotatable bonds is 9. The van der Waals surface area contributed by atoms with Gasteiger partial charge in [0.15, 0.2) is 5.13 Å². The second-order valence-electron chi connectivity index (χ2n) is 8.11. The second-order valence-corrected chi connectivity index (χ2v) is 9.11. The normalized spacial score (nSPS) is 16.1. The summed E-state index contributed by atoms with van der Waals surface area (Å²) in [5, 5.41) is 6.01. The minimum Gasteiger partial charge on any atom is -0.357 e. The molecule has 1 aliphatic rings. The highest BCUT2D eigenvalue weighted by Crippen LogP contribution is 2.51. The fourth-order valence-electron chi connectivity index (χ4n) is 3.14. The van der Waals surface area contributed by atoms with Gasteiger partial charge in [0, 0.05) is 13.6 Å². The van der Waals surface area contributed by atoms with E-state index < -0.39 is 6.04 Å². The Kier molecular flexibility index (Phi) is 7.63. The lowest BCUT2D eigenvalue weighted by Crippen LogP contribution is -2.49. The third-order valence-corrected chi connectivity index (χ3v) is 6.90. The number of hydrogen-bond donors (Lipinski definition) is 2. The molecule has 2 N–H and O–H groups in total. The molecule has 1 aromatic heterocycles. The van der Waals surface area contributed by atoms with Crippen LogP contribution in [-0.2, 0) is 4.79 Å². The lowest BCUT2D eigenvalue weighted by molar-refractivity contribution is -0.124. The van der Waals surface area contributed by atoms with Crippen molar-refractivity contribution < 1.29 is 9.59 Å². The van der Waals surface area contributed by atoms with Crippen LogP contribution in [0.5, 0.6) is 0 Å². The molecule has 1 heterocycles. The molecule has 0 spiro atoms. The Balaban J connectivity index is 2.14. The maximum Gasteiger partial charge on any atom is 0.324 e. The van der Waals surface area contributed by atoms with E-state index in [0.29, 0.717) is 17.1 Å². The molecule has 0 saturated heterocycles. The van der Waals surface area contributed by atoms with E-state index in [1.165, 1.54) is 29.8 Å². The van der Waals surface area contributed by atoms with Crippen molar-refractivity contribution in [2.75, 3.05) is 18.9 Å². The Morgan fingerprint density at radius 2 is 2.07 bits per heavy atom. The van der Waals surface area contributed by atoms with Crippen molar-refractivity contribution in [2.45, 2.75) is 66.3 Å². The molecule has 1 aliphatic carbocycles. The first-order valence-corrected chi connectivity index (χ1v) is 11.1. The minimum atomic E-state index is -0.549. The fourth-order valence-corrected chi connectivity index (χ4v) is 4.04. The van der Waals surface area contributed by atoms with Gasteiger partial charge in [-0.2, -0.15) is 0 Å². The molecule has 0 aromatic carbocycles. The maximum absolute atomic E-state index is 12.9. The van der Waals surface area contributed by atoms with Gasteiger partial charge in [-0.05, 0) is 51.0 Å². The number of hydrogen-bond acceptors (Lipinski definition) is 4. The van der Waals surface area contributed by atoms with E-state index in [4.69, 9.17) is 0 Å². The van der Waals surface area contributed by atoms with Crippen molar-refractivity contribution in [2.24, 2.45) is 5.41 Å². The van der Waals surface area contributed by atoms with Gasteiger partial charge in [0.2, 0.25) is 5.91 Å². The van der Waals surface area contributed by atoms with E-state index in [2.05, 4.69) is 49.0 Å². The van der Waals surface area contributed by atoms with Crippen molar-refractivity contribution in [1.29, 1.82) is 0 Å². The highest BCUT2D eigenvalue weighted by atomic mass is 32.1. The lowest BCUT2D eigenvalue weighted by atomic mass is 9.97. The SMILES string of the molecule is C=C(C=C(C)C1(C)CC1)c1sc(NC(=O)N(CCCC)C(C)C(=O)NC)nc1C. The molecule has 160 valence electrons. The number of anilines is 1. The Hall–Kier alpha value is -2.15. The van der Waals surface area contributed by atoms with Gasteiger partial charge in [-0.1, -0.05) is 49.8 Å². The van der Waals surface area contributed by atoms with E-state index in [0.717, 1.165) is 29.0 Å². The number of aromatic nitrogens is 1. The van der Waals surface area contributed by atoms with Gasteiger partial charge in [0.1, 0.15) is 6.04 Å². The number of thiazole rings is 1. The summed E-state index contributed by atoms with van der Waals surface area (Å²) in [7, 11) is 1.58. The third kappa shape index (κ3) is 5.69. The van der Waals surface area contributed by atoms with E-state index in [1.807, 2.05) is 6.92 Å². The number of aryl methyl sites for hydroxylation is 1. The molecule has 0 aliphatic heterocycles. The van der Waals surface area contributed by atoms with Crippen molar-refractivity contribution in [3.8, 4) is 0 Å². The maximum atomic E-state index is 12.9. The van der Waals surface area contributed by atoms with Gasteiger partial charge >= 0.3 is 6.03 Å². The van der Waals surface area contributed by atoms with Crippen LogP contribution in [0.4, 0.5) is 9.93 Å². The number of unbranched alkanes of at least 4 members (excludes halogenated alkanes) is 1. The summed E-state index contributed by atoms with van der Waals surface area (Å²) in [6.07, 6.45) is 6.36. The molecule has 0 bridgehead atoms. The molecule has 7 heteroatoms. The summed E-state index contributed by atoms with van der Waals surface area (Å²) in [5.74, 6) is -0.185. The minimum absolute atomic E-state index is 0.185. The Labute approximate surface area is 178 Å². The molecular formula is C22H34N4O2S. The number of carbonyl (C=O) groups excluding carboxylic acids is 2. The zero-order chi connectivity index (χ0) is 21.8. The smallest absolute Gasteiger partial charge is 0.324 e. The number of likely N-dealkylation sites (N-methyl/N-ethyl adjacent to an activating group) is 1. The number of amides is 3. The predicted molar refractivity (Wildman–Crippen MR) is 121 cm³/mol. The Morgan fingerprint density at radius 1 is 1.41 bits per heavy atom. The molecule has 1 fully saturated rings. The van der Waals surface area contributed by atoms with Crippen LogP contribution in [0.2, 0.25) is 0 Å². The van der Waals surface area contributed by atoms with Gasteiger partial charge in [-0.15, -0.1) is 0 Å². The average molecular weight is 419 g/mol. The summed E-state index contributed by atoms with van der Waals surface area (Å²) in [6.45, 7) is 14.9. The van der Waals surface area contributed by atoms with Gasteiger partial charge in [-0.25, -0.2) is 9.78 Å². The predicted octanol–water partition coefficient (Wildman–Crippen LogP) is 4.98. The molecule has 0 radical (unpaired) electrons. The zero-order valence-electron chi connectivity index (χ0n) is 18.5. The average Bonchev–Trinajstić information content (AvgIpc) is 3.33. The van der Waals surface area contributed by atoms with E-state index in [9.17, 15) is 9.59 Å².